The summed E-state index contributed by atoms with van der Waals surface area (Å²) in [4.78, 5) is 11.4. The molecular weight excluding hydrogens is 190 g/mol. The maximum absolute atomic E-state index is 11.4. The molecule has 0 aromatic heterocycles. The van der Waals surface area contributed by atoms with Crippen molar-refractivity contribution in [2.75, 3.05) is 0 Å². The van der Waals surface area contributed by atoms with Crippen molar-refractivity contribution in [1.82, 2.24) is 0 Å². The molecule has 3 nitrogen and oxygen atoms in total. The summed E-state index contributed by atoms with van der Waals surface area (Å²) in [5, 5.41) is 0. The lowest BCUT2D eigenvalue weighted by Crippen LogP contribution is -2.44. The van der Waals surface area contributed by atoms with Crippen LogP contribution in [0.3, 0.4) is 0 Å². The zero-order chi connectivity index (χ0) is 11.9. The molecule has 0 rings (SSSR count). The van der Waals surface area contributed by atoms with E-state index in [1.54, 1.807) is 6.92 Å². The second-order valence-corrected chi connectivity index (χ2v) is 4.09. The first-order chi connectivity index (χ1) is 6.95. The standard InChI is InChI=1S/C12H23NO2/c1-5-7-9-12(13,8-6-2)15-11(14)10(3)4/h3,5-9,13H2,1-2,4H3. The summed E-state index contributed by atoms with van der Waals surface area (Å²) in [7, 11) is 0. The van der Waals surface area contributed by atoms with Crippen molar-refractivity contribution < 1.29 is 9.53 Å². The van der Waals surface area contributed by atoms with Crippen LogP contribution >= 0.6 is 0 Å². The average Bonchev–Trinajstić information content (AvgIpc) is 2.15. The Morgan fingerprint density at radius 3 is 2.33 bits per heavy atom. The molecule has 3 heteroatoms. The predicted octanol–water partition coefficient (Wildman–Crippen LogP) is 2.75. The van der Waals surface area contributed by atoms with Gasteiger partial charge in [-0.2, -0.15) is 0 Å². The molecular formula is C12H23NO2. The Kier molecular flexibility index (Phi) is 6.25. The molecule has 0 spiro atoms. The first-order valence-electron chi connectivity index (χ1n) is 5.63. The molecule has 0 aliphatic carbocycles. The van der Waals surface area contributed by atoms with E-state index >= 15 is 0 Å². The zero-order valence-corrected chi connectivity index (χ0v) is 10.1. The van der Waals surface area contributed by atoms with Crippen LogP contribution in [-0.2, 0) is 9.53 Å². The van der Waals surface area contributed by atoms with Gasteiger partial charge in [0.15, 0.2) is 5.72 Å². The minimum Gasteiger partial charge on any atom is -0.441 e. The van der Waals surface area contributed by atoms with Gasteiger partial charge in [0.1, 0.15) is 0 Å². The highest BCUT2D eigenvalue weighted by atomic mass is 16.6. The number of ether oxygens (including phenoxy) is 1. The van der Waals surface area contributed by atoms with E-state index in [1.807, 2.05) is 6.92 Å². The van der Waals surface area contributed by atoms with E-state index in [2.05, 4.69) is 13.5 Å². The van der Waals surface area contributed by atoms with Gasteiger partial charge < -0.3 is 4.74 Å². The normalized spacial score (nSPS) is 14.4. The highest BCUT2D eigenvalue weighted by molar-refractivity contribution is 5.87. The third-order valence-electron chi connectivity index (χ3n) is 2.27. The number of esters is 1. The smallest absolute Gasteiger partial charge is 0.334 e. The third-order valence-corrected chi connectivity index (χ3v) is 2.27. The fraction of sp³-hybridized carbons (Fsp3) is 0.750. The van der Waals surface area contributed by atoms with Crippen molar-refractivity contribution in [1.29, 1.82) is 0 Å². The second kappa shape index (κ2) is 6.62. The summed E-state index contributed by atoms with van der Waals surface area (Å²) < 4.78 is 5.28. The molecule has 0 fully saturated rings. The summed E-state index contributed by atoms with van der Waals surface area (Å²) in [6.07, 6.45) is 4.35. The lowest BCUT2D eigenvalue weighted by atomic mass is 10.0. The van der Waals surface area contributed by atoms with Crippen molar-refractivity contribution >= 4 is 5.97 Å². The number of nitrogens with two attached hydrogens (primary N) is 1. The van der Waals surface area contributed by atoms with Crippen molar-refractivity contribution in [3.05, 3.63) is 12.2 Å². The molecule has 0 amide bonds. The van der Waals surface area contributed by atoms with Crippen LogP contribution in [0.4, 0.5) is 0 Å². The molecule has 1 atom stereocenters. The molecule has 0 bridgehead atoms. The van der Waals surface area contributed by atoms with Gasteiger partial charge in [-0.05, 0) is 13.3 Å². The van der Waals surface area contributed by atoms with Crippen LogP contribution in [0.25, 0.3) is 0 Å². The molecule has 15 heavy (non-hydrogen) atoms. The minimum absolute atomic E-state index is 0.387. The van der Waals surface area contributed by atoms with Crippen LogP contribution in [0.15, 0.2) is 12.2 Å². The van der Waals surface area contributed by atoms with E-state index in [9.17, 15) is 4.79 Å². The quantitative estimate of drug-likeness (QED) is 0.402. The maximum atomic E-state index is 11.4. The summed E-state index contributed by atoms with van der Waals surface area (Å²) >= 11 is 0. The summed E-state index contributed by atoms with van der Waals surface area (Å²) in [5.74, 6) is -0.387. The summed E-state index contributed by atoms with van der Waals surface area (Å²) in [6, 6.07) is 0. The van der Waals surface area contributed by atoms with Gasteiger partial charge in [0.05, 0.1) is 0 Å². The van der Waals surface area contributed by atoms with Gasteiger partial charge in [0, 0.05) is 18.4 Å². The summed E-state index contributed by atoms with van der Waals surface area (Å²) in [6.45, 7) is 9.30. The van der Waals surface area contributed by atoms with Crippen LogP contribution in [0.2, 0.25) is 0 Å². The second-order valence-electron chi connectivity index (χ2n) is 4.09. The topological polar surface area (TPSA) is 52.3 Å². The SMILES string of the molecule is C=C(C)C(=O)OC(N)(CCC)CCCC. The van der Waals surface area contributed by atoms with E-state index < -0.39 is 5.72 Å². The van der Waals surface area contributed by atoms with Crippen LogP contribution in [0, 0.1) is 0 Å². The molecule has 88 valence electrons. The highest BCUT2D eigenvalue weighted by Crippen LogP contribution is 2.20. The zero-order valence-electron chi connectivity index (χ0n) is 10.1. The fourth-order valence-electron chi connectivity index (χ4n) is 1.40. The van der Waals surface area contributed by atoms with Crippen molar-refractivity contribution in [3.63, 3.8) is 0 Å². The number of hydrogen-bond acceptors (Lipinski definition) is 3. The Labute approximate surface area is 92.7 Å². The van der Waals surface area contributed by atoms with Gasteiger partial charge >= 0.3 is 5.97 Å². The lowest BCUT2D eigenvalue weighted by molar-refractivity contribution is -0.156. The van der Waals surface area contributed by atoms with Gasteiger partial charge in [-0.1, -0.05) is 33.3 Å². The molecule has 0 radical (unpaired) electrons. The van der Waals surface area contributed by atoms with Crippen molar-refractivity contribution in [3.8, 4) is 0 Å². The largest absolute Gasteiger partial charge is 0.441 e. The molecule has 0 aliphatic heterocycles. The average molecular weight is 213 g/mol. The Hall–Kier alpha value is -0.830. The van der Waals surface area contributed by atoms with Crippen LogP contribution in [0.5, 0.6) is 0 Å². The lowest BCUT2D eigenvalue weighted by Gasteiger charge is -2.29. The molecule has 0 heterocycles. The molecule has 0 aliphatic rings. The minimum atomic E-state index is -0.805. The van der Waals surface area contributed by atoms with Crippen LogP contribution < -0.4 is 5.73 Å². The Bertz CT molecular complexity index is 226. The molecule has 0 aromatic rings. The van der Waals surface area contributed by atoms with Crippen LogP contribution in [0.1, 0.15) is 52.9 Å². The first kappa shape index (κ1) is 14.2. The molecule has 1 unspecified atom stereocenters. The Morgan fingerprint density at radius 1 is 1.33 bits per heavy atom. The maximum Gasteiger partial charge on any atom is 0.334 e. The van der Waals surface area contributed by atoms with Gasteiger partial charge in [-0.3, -0.25) is 5.73 Å². The van der Waals surface area contributed by atoms with Crippen molar-refractivity contribution in [2.45, 2.75) is 58.6 Å². The fourth-order valence-corrected chi connectivity index (χ4v) is 1.40. The highest BCUT2D eigenvalue weighted by Gasteiger charge is 2.27. The number of hydrogen-bond donors (Lipinski definition) is 1. The van der Waals surface area contributed by atoms with Gasteiger partial charge in [-0.15, -0.1) is 0 Å². The number of unbranched alkanes of at least 4 members (excludes halogenated alkanes) is 1. The number of rotatable bonds is 7. The number of carbonyl (C=O) groups is 1. The van der Waals surface area contributed by atoms with E-state index in [-0.39, 0.29) is 5.97 Å². The Morgan fingerprint density at radius 2 is 1.93 bits per heavy atom. The van der Waals surface area contributed by atoms with E-state index in [0.29, 0.717) is 12.0 Å². The van der Waals surface area contributed by atoms with E-state index in [1.165, 1.54) is 0 Å². The van der Waals surface area contributed by atoms with E-state index in [0.717, 1.165) is 25.7 Å². The van der Waals surface area contributed by atoms with Gasteiger partial charge in [-0.25, -0.2) is 4.79 Å². The summed E-state index contributed by atoms with van der Waals surface area (Å²) in [5.41, 5.74) is 5.64. The predicted molar refractivity (Wildman–Crippen MR) is 62.3 cm³/mol. The third kappa shape index (κ3) is 5.57. The molecule has 0 aromatic carbocycles. The monoisotopic (exact) mass is 213 g/mol. The van der Waals surface area contributed by atoms with Crippen molar-refractivity contribution in [2.24, 2.45) is 5.73 Å². The van der Waals surface area contributed by atoms with Crippen LogP contribution in [-0.4, -0.2) is 11.7 Å². The molecule has 0 saturated heterocycles. The molecule has 2 N–H and O–H groups in total. The molecule has 0 saturated carbocycles. The number of carbonyl (C=O) groups excluding carboxylic acids is 1. The van der Waals surface area contributed by atoms with Gasteiger partial charge in [0.25, 0.3) is 0 Å². The first-order valence-corrected chi connectivity index (χ1v) is 5.63. The van der Waals surface area contributed by atoms with E-state index in [4.69, 9.17) is 10.5 Å². The Balaban J connectivity index is 4.35. The van der Waals surface area contributed by atoms with Gasteiger partial charge in [0.2, 0.25) is 0 Å².